The lowest BCUT2D eigenvalue weighted by Gasteiger charge is -2.24. The fourth-order valence-electron chi connectivity index (χ4n) is 2.48. The van der Waals surface area contributed by atoms with E-state index in [1.807, 2.05) is 7.05 Å². The molecule has 1 aliphatic carbocycles. The molecule has 8 nitrogen and oxygen atoms in total. The number of carboxylic acids is 1. The van der Waals surface area contributed by atoms with Gasteiger partial charge in [-0.05, 0) is 19.9 Å². The number of aliphatic carboxylic acids is 1. The number of nitrogens with two attached hydrogens (primary N) is 1. The number of carbonyl (C=O) groups excluding carboxylic acids is 2. The van der Waals surface area contributed by atoms with E-state index in [1.165, 1.54) is 25.7 Å². The molecule has 0 unspecified atom stereocenters. The van der Waals surface area contributed by atoms with Crippen LogP contribution in [0, 0.1) is 0 Å². The molecule has 0 saturated heterocycles. The summed E-state index contributed by atoms with van der Waals surface area (Å²) in [6.07, 6.45) is 4.43. The molecule has 0 aromatic rings. The fourth-order valence-corrected chi connectivity index (χ4v) is 2.48. The van der Waals surface area contributed by atoms with Crippen molar-refractivity contribution in [2.75, 3.05) is 20.1 Å². The predicted octanol–water partition coefficient (Wildman–Crippen LogP) is -0.511. The number of likely N-dealkylation sites (N-methyl/N-ethyl adjacent to an activating group) is 1. The molecule has 1 atom stereocenters. The summed E-state index contributed by atoms with van der Waals surface area (Å²) >= 11 is 0. The standard InChI is InChI=1S/C13H24N4O4/c1-17(9-4-2-3-5-9)7-6-15-13(21)16-10(12(19)20)8-11(14)18/h9-10H,2-8H2,1H3,(H2,14,18)(H,19,20)(H2,15,16,21)/t10-/m1/s1. The van der Waals surface area contributed by atoms with E-state index in [4.69, 9.17) is 10.8 Å². The molecule has 0 bridgehead atoms. The van der Waals surface area contributed by atoms with E-state index in [9.17, 15) is 14.4 Å². The van der Waals surface area contributed by atoms with Crippen LogP contribution in [0.4, 0.5) is 4.79 Å². The van der Waals surface area contributed by atoms with Gasteiger partial charge in [0.25, 0.3) is 0 Å². The number of nitrogens with one attached hydrogen (secondary N) is 2. The summed E-state index contributed by atoms with van der Waals surface area (Å²) in [4.78, 5) is 35.4. The monoisotopic (exact) mass is 300 g/mol. The summed E-state index contributed by atoms with van der Waals surface area (Å²) in [6.45, 7) is 1.12. The molecule has 8 heteroatoms. The van der Waals surface area contributed by atoms with Crippen molar-refractivity contribution in [1.29, 1.82) is 0 Å². The predicted molar refractivity (Wildman–Crippen MR) is 76.7 cm³/mol. The molecule has 0 radical (unpaired) electrons. The second-order valence-corrected chi connectivity index (χ2v) is 5.38. The minimum absolute atomic E-state index is 0.418. The highest BCUT2D eigenvalue weighted by Gasteiger charge is 2.22. The average molecular weight is 300 g/mol. The third-order valence-corrected chi connectivity index (χ3v) is 3.71. The molecule has 120 valence electrons. The second-order valence-electron chi connectivity index (χ2n) is 5.38. The van der Waals surface area contributed by atoms with Gasteiger partial charge in [0.2, 0.25) is 5.91 Å². The lowest BCUT2D eigenvalue weighted by molar-refractivity contribution is -0.140. The molecule has 0 aliphatic heterocycles. The van der Waals surface area contributed by atoms with Crippen LogP contribution in [-0.2, 0) is 9.59 Å². The van der Waals surface area contributed by atoms with Gasteiger partial charge in [-0.1, -0.05) is 12.8 Å². The van der Waals surface area contributed by atoms with Crippen LogP contribution in [0.3, 0.4) is 0 Å². The number of hydrogen-bond donors (Lipinski definition) is 4. The summed E-state index contributed by atoms with van der Waals surface area (Å²) in [7, 11) is 2.02. The Morgan fingerprint density at radius 3 is 2.48 bits per heavy atom. The van der Waals surface area contributed by atoms with Crippen molar-refractivity contribution in [3.63, 3.8) is 0 Å². The Morgan fingerprint density at radius 2 is 1.95 bits per heavy atom. The third-order valence-electron chi connectivity index (χ3n) is 3.71. The Morgan fingerprint density at radius 1 is 1.33 bits per heavy atom. The maximum Gasteiger partial charge on any atom is 0.326 e. The van der Waals surface area contributed by atoms with Crippen molar-refractivity contribution in [3.05, 3.63) is 0 Å². The van der Waals surface area contributed by atoms with Crippen molar-refractivity contribution in [2.24, 2.45) is 5.73 Å². The van der Waals surface area contributed by atoms with Gasteiger partial charge in [0, 0.05) is 19.1 Å². The molecule has 21 heavy (non-hydrogen) atoms. The molecule has 1 fully saturated rings. The number of urea groups is 1. The van der Waals surface area contributed by atoms with E-state index in [0.717, 1.165) is 0 Å². The first kappa shape index (κ1) is 17.2. The third kappa shape index (κ3) is 6.44. The molecule has 0 aromatic carbocycles. The maximum absolute atomic E-state index is 11.6. The van der Waals surface area contributed by atoms with Crippen LogP contribution in [0.1, 0.15) is 32.1 Å². The molecule has 0 aromatic heterocycles. The summed E-state index contributed by atoms with van der Waals surface area (Å²) in [5.74, 6) is -2.06. The molecule has 1 aliphatic rings. The maximum atomic E-state index is 11.6. The Hall–Kier alpha value is -1.83. The Bertz CT molecular complexity index is 382. The van der Waals surface area contributed by atoms with Crippen molar-refractivity contribution in [3.8, 4) is 0 Å². The highest BCUT2D eigenvalue weighted by atomic mass is 16.4. The van der Waals surface area contributed by atoms with E-state index in [2.05, 4.69) is 15.5 Å². The van der Waals surface area contributed by atoms with Crippen LogP contribution in [0.2, 0.25) is 0 Å². The molecule has 0 spiro atoms. The minimum atomic E-state index is -1.30. The first-order valence-corrected chi connectivity index (χ1v) is 7.16. The number of carbonyl (C=O) groups is 3. The van der Waals surface area contributed by atoms with Crippen molar-refractivity contribution >= 4 is 17.9 Å². The number of nitrogens with zero attached hydrogens (tertiary/aromatic N) is 1. The quantitative estimate of drug-likeness (QED) is 0.480. The van der Waals surface area contributed by atoms with Crippen molar-refractivity contribution < 1.29 is 19.5 Å². The van der Waals surface area contributed by atoms with Crippen LogP contribution < -0.4 is 16.4 Å². The fraction of sp³-hybridized carbons (Fsp3) is 0.769. The lowest BCUT2D eigenvalue weighted by Crippen LogP contribution is -2.49. The molecular weight excluding hydrogens is 276 g/mol. The first-order chi connectivity index (χ1) is 9.90. The SMILES string of the molecule is CN(CCNC(=O)N[C@H](CC(N)=O)C(=O)O)C1CCCC1. The van der Waals surface area contributed by atoms with E-state index in [-0.39, 0.29) is 0 Å². The zero-order chi connectivity index (χ0) is 15.8. The van der Waals surface area contributed by atoms with E-state index < -0.39 is 30.4 Å². The average Bonchev–Trinajstić information content (AvgIpc) is 2.91. The Balaban J connectivity index is 2.25. The Kier molecular flexibility index (Phi) is 6.93. The number of primary amides is 1. The molecular formula is C13H24N4O4. The smallest absolute Gasteiger partial charge is 0.326 e. The number of carboxylic acid groups (broad SMARTS) is 1. The van der Waals surface area contributed by atoms with Gasteiger partial charge >= 0.3 is 12.0 Å². The van der Waals surface area contributed by atoms with Gasteiger partial charge in [0.05, 0.1) is 6.42 Å². The van der Waals surface area contributed by atoms with Crippen molar-refractivity contribution in [1.82, 2.24) is 15.5 Å². The van der Waals surface area contributed by atoms with Crippen LogP contribution in [0.25, 0.3) is 0 Å². The summed E-state index contributed by atoms with van der Waals surface area (Å²) in [6, 6.07) is -1.34. The highest BCUT2D eigenvalue weighted by Crippen LogP contribution is 2.21. The van der Waals surface area contributed by atoms with E-state index >= 15 is 0 Å². The number of rotatable bonds is 8. The van der Waals surface area contributed by atoms with Crippen LogP contribution in [0.15, 0.2) is 0 Å². The van der Waals surface area contributed by atoms with Gasteiger partial charge in [-0.2, -0.15) is 0 Å². The number of hydrogen-bond acceptors (Lipinski definition) is 4. The van der Waals surface area contributed by atoms with Gasteiger partial charge in [-0.15, -0.1) is 0 Å². The van der Waals surface area contributed by atoms with E-state index in [0.29, 0.717) is 19.1 Å². The van der Waals surface area contributed by atoms with Gasteiger partial charge < -0.3 is 26.4 Å². The van der Waals surface area contributed by atoms with Gasteiger partial charge in [-0.25, -0.2) is 9.59 Å². The minimum Gasteiger partial charge on any atom is -0.480 e. The first-order valence-electron chi connectivity index (χ1n) is 7.16. The van der Waals surface area contributed by atoms with Gasteiger partial charge in [-0.3, -0.25) is 4.79 Å². The highest BCUT2D eigenvalue weighted by molar-refractivity contribution is 5.87. The molecule has 1 rings (SSSR count). The molecule has 3 amide bonds. The van der Waals surface area contributed by atoms with Crippen molar-refractivity contribution in [2.45, 2.75) is 44.2 Å². The van der Waals surface area contributed by atoms with Crippen LogP contribution in [-0.4, -0.2) is 60.1 Å². The normalized spacial score (nSPS) is 16.7. The molecule has 5 N–H and O–H groups in total. The summed E-state index contributed by atoms with van der Waals surface area (Å²) in [5.41, 5.74) is 4.94. The largest absolute Gasteiger partial charge is 0.480 e. The van der Waals surface area contributed by atoms with Crippen LogP contribution in [0.5, 0.6) is 0 Å². The second kappa shape index (κ2) is 8.46. The summed E-state index contributed by atoms with van der Waals surface area (Å²) in [5, 5.41) is 13.7. The zero-order valence-electron chi connectivity index (χ0n) is 12.3. The molecule has 1 saturated carbocycles. The number of amides is 3. The Labute approximate surface area is 124 Å². The van der Waals surface area contributed by atoms with Crippen LogP contribution >= 0.6 is 0 Å². The topological polar surface area (TPSA) is 125 Å². The van der Waals surface area contributed by atoms with Gasteiger partial charge in [0.1, 0.15) is 6.04 Å². The summed E-state index contributed by atoms with van der Waals surface area (Å²) < 4.78 is 0. The van der Waals surface area contributed by atoms with Gasteiger partial charge in [0.15, 0.2) is 0 Å². The van der Waals surface area contributed by atoms with E-state index in [1.54, 1.807) is 0 Å². The molecule has 0 heterocycles. The lowest BCUT2D eigenvalue weighted by atomic mass is 10.2. The zero-order valence-corrected chi connectivity index (χ0v) is 12.3.